The second-order valence-corrected chi connectivity index (χ2v) is 7.48. The van der Waals surface area contributed by atoms with Gasteiger partial charge in [-0.25, -0.2) is 18.0 Å². The van der Waals surface area contributed by atoms with Crippen LogP contribution in [0, 0.1) is 0 Å². The minimum absolute atomic E-state index is 0.0569. The van der Waals surface area contributed by atoms with Gasteiger partial charge in [-0.15, -0.1) is 11.3 Å². The van der Waals surface area contributed by atoms with E-state index in [1.807, 2.05) is 0 Å². The number of thiophene rings is 1. The molecule has 1 N–H and O–H groups in total. The van der Waals surface area contributed by atoms with Crippen LogP contribution < -0.4 is 0 Å². The van der Waals surface area contributed by atoms with E-state index in [1.54, 1.807) is 6.92 Å². The second kappa shape index (κ2) is 8.22. The van der Waals surface area contributed by atoms with Crippen LogP contribution in [0.3, 0.4) is 0 Å². The molecule has 134 valence electrons. The molecule has 0 unspecified atom stereocenters. The maximum absolute atomic E-state index is 12.7. The molecule has 0 saturated heterocycles. The maximum Gasteiger partial charge on any atom is 0.349 e. The average Bonchev–Trinajstić information content (AvgIpc) is 2.98. The largest absolute Gasteiger partial charge is 0.480 e. The van der Waals surface area contributed by atoms with E-state index >= 15 is 0 Å². The fourth-order valence-electron chi connectivity index (χ4n) is 1.83. The lowest BCUT2D eigenvalue weighted by Crippen LogP contribution is -2.36. The van der Waals surface area contributed by atoms with Gasteiger partial charge < -0.3 is 14.6 Å². The van der Waals surface area contributed by atoms with Crippen molar-refractivity contribution in [3.8, 4) is 0 Å². The zero-order valence-corrected chi connectivity index (χ0v) is 14.9. The highest BCUT2D eigenvalue weighted by atomic mass is 32.2. The number of ether oxygens (including phenoxy) is 2. The highest BCUT2D eigenvalue weighted by Crippen LogP contribution is 2.30. The molecule has 0 amide bonds. The van der Waals surface area contributed by atoms with E-state index in [4.69, 9.17) is 5.11 Å². The Labute approximate surface area is 142 Å². The van der Waals surface area contributed by atoms with Crippen LogP contribution >= 0.6 is 11.3 Å². The quantitative estimate of drug-likeness (QED) is 0.657. The Morgan fingerprint density at radius 3 is 2.25 bits per heavy atom. The monoisotopic (exact) mass is 379 g/mol. The normalized spacial score (nSPS) is 11.3. The van der Waals surface area contributed by atoms with Gasteiger partial charge in [0.25, 0.3) is 0 Å². The fraction of sp³-hybridized carbons (Fsp3) is 0.462. The number of aliphatic carboxylic acids is 1. The summed E-state index contributed by atoms with van der Waals surface area (Å²) in [5.74, 6) is -3.09. The highest BCUT2D eigenvalue weighted by Gasteiger charge is 2.34. The SMILES string of the molecule is CCCN(CC(=O)O)S(=O)(=O)c1cc(C(=O)OC)sc1C(=O)OC. The van der Waals surface area contributed by atoms with Crippen LogP contribution in [0.1, 0.15) is 32.7 Å². The predicted octanol–water partition coefficient (Wildman–Crippen LogP) is 0.807. The number of carboxylic acid groups (broad SMARTS) is 1. The van der Waals surface area contributed by atoms with E-state index in [2.05, 4.69) is 9.47 Å². The fourth-order valence-corrected chi connectivity index (χ4v) is 4.80. The number of nitrogens with zero attached hydrogens (tertiary/aromatic N) is 1. The molecule has 1 heterocycles. The summed E-state index contributed by atoms with van der Waals surface area (Å²) < 4.78 is 35.3. The van der Waals surface area contributed by atoms with Gasteiger partial charge in [0.05, 0.1) is 14.2 Å². The van der Waals surface area contributed by atoms with E-state index < -0.39 is 39.4 Å². The number of rotatable bonds is 8. The van der Waals surface area contributed by atoms with Crippen LogP contribution in [0.2, 0.25) is 0 Å². The van der Waals surface area contributed by atoms with Gasteiger partial charge in [-0.3, -0.25) is 4.79 Å². The van der Waals surface area contributed by atoms with Crippen molar-refractivity contribution in [2.45, 2.75) is 18.2 Å². The Hall–Kier alpha value is -1.98. The van der Waals surface area contributed by atoms with Crippen molar-refractivity contribution in [3.63, 3.8) is 0 Å². The summed E-state index contributed by atoms with van der Waals surface area (Å²) in [7, 11) is -2.13. The first kappa shape index (κ1) is 20.1. The lowest BCUT2D eigenvalue weighted by Gasteiger charge is -2.19. The van der Waals surface area contributed by atoms with Crippen molar-refractivity contribution >= 4 is 39.3 Å². The first-order valence-corrected chi connectivity index (χ1v) is 8.97. The van der Waals surface area contributed by atoms with Crippen molar-refractivity contribution in [3.05, 3.63) is 15.8 Å². The van der Waals surface area contributed by atoms with Crippen LogP contribution in [0.4, 0.5) is 0 Å². The molecule has 1 aromatic heterocycles. The number of carbonyl (C=O) groups is 3. The molecule has 0 aromatic carbocycles. The summed E-state index contributed by atoms with van der Waals surface area (Å²) in [6.45, 7) is 0.859. The minimum Gasteiger partial charge on any atom is -0.480 e. The lowest BCUT2D eigenvalue weighted by atomic mass is 10.4. The van der Waals surface area contributed by atoms with Gasteiger partial charge in [-0.2, -0.15) is 4.31 Å². The van der Waals surface area contributed by atoms with E-state index in [1.165, 1.54) is 0 Å². The molecule has 0 spiro atoms. The summed E-state index contributed by atoms with van der Waals surface area (Å²) in [5.41, 5.74) is 0. The highest BCUT2D eigenvalue weighted by molar-refractivity contribution is 7.89. The van der Waals surface area contributed by atoms with Crippen LogP contribution in [-0.4, -0.2) is 63.0 Å². The Morgan fingerprint density at radius 1 is 1.21 bits per heavy atom. The third-order valence-corrected chi connectivity index (χ3v) is 5.95. The molecular weight excluding hydrogens is 362 g/mol. The van der Waals surface area contributed by atoms with E-state index in [-0.39, 0.29) is 16.3 Å². The van der Waals surface area contributed by atoms with Crippen LogP contribution in [0.25, 0.3) is 0 Å². The molecule has 11 heteroatoms. The van der Waals surface area contributed by atoms with Crippen LogP contribution in [0.15, 0.2) is 11.0 Å². The Morgan fingerprint density at radius 2 is 1.79 bits per heavy atom. The third-order valence-electron chi connectivity index (χ3n) is 2.86. The first-order valence-electron chi connectivity index (χ1n) is 6.71. The Bertz CT molecular complexity index is 737. The zero-order chi connectivity index (χ0) is 18.5. The third kappa shape index (κ3) is 4.30. The molecule has 0 fully saturated rings. The van der Waals surface area contributed by atoms with E-state index in [9.17, 15) is 22.8 Å². The number of carboxylic acids is 1. The Balaban J connectivity index is 3.49. The number of hydrogen-bond acceptors (Lipinski definition) is 8. The topological polar surface area (TPSA) is 127 Å². The number of hydrogen-bond donors (Lipinski definition) is 1. The molecule has 9 nitrogen and oxygen atoms in total. The first-order chi connectivity index (χ1) is 11.2. The summed E-state index contributed by atoms with van der Waals surface area (Å²) in [6, 6.07) is 0.989. The standard InChI is InChI=1S/C13H17NO8S2/c1-4-5-14(7-10(15)16)24(19,20)9-6-8(12(17)21-2)23-11(9)13(18)22-3/h6H,4-5,7H2,1-3H3,(H,15,16). The molecule has 0 aliphatic carbocycles. The number of methoxy groups -OCH3 is 2. The predicted molar refractivity (Wildman–Crippen MR) is 83.7 cm³/mol. The van der Waals surface area contributed by atoms with Gasteiger partial charge in [-0.05, 0) is 12.5 Å². The van der Waals surface area contributed by atoms with Gasteiger partial charge in [0.2, 0.25) is 10.0 Å². The summed E-state index contributed by atoms with van der Waals surface area (Å²) in [6.07, 6.45) is 0.369. The van der Waals surface area contributed by atoms with Crippen LogP contribution in [0.5, 0.6) is 0 Å². The van der Waals surface area contributed by atoms with Gasteiger partial charge in [0.1, 0.15) is 21.2 Å². The average molecular weight is 379 g/mol. The van der Waals surface area contributed by atoms with Crippen molar-refractivity contribution in [1.82, 2.24) is 4.31 Å². The molecule has 0 saturated carbocycles. The van der Waals surface area contributed by atoms with Crippen molar-refractivity contribution in [2.24, 2.45) is 0 Å². The summed E-state index contributed by atoms with van der Waals surface area (Å²) in [4.78, 5) is 33.5. The number of carbonyl (C=O) groups excluding carboxylic acids is 2. The van der Waals surface area contributed by atoms with E-state index in [0.29, 0.717) is 17.8 Å². The summed E-state index contributed by atoms with van der Waals surface area (Å²) in [5, 5.41) is 8.91. The Kier molecular flexibility index (Phi) is 6.87. The minimum atomic E-state index is -4.31. The number of sulfonamides is 1. The van der Waals surface area contributed by atoms with Gasteiger partial charge in [0, 0.05) is 6.54 Å². The molecule has 1 aromatic rings. The molecule has 0 bridgehead atoms. The van der Waals surface area contributed by atoms with E-state index in [0.717, 1.165) is 24.6 Å². The molecule has 0 radical (unpaired) electrons. The second-order valence-electron chi connectivity index (χ2n) is 4.52. The zero-order valence-electron chi connectivity index (χ0n) is 13.3. The van der Waals surface area contributed by atoms with Crippen molar-refractivity contribution < 1.29 is 37.4 Å². The van der Waals surface area contributed by atoms with Crippen molar-refractivity contribution in [1.29, 1.82) is 0 Å². The van der Waals surface area contributed by atoms with Gasteiger partial charge >= 0.3 is 17.9 Å². The van der Waals surface area contributed by atoms with Crippen LogP contribution in [-0.2, 0) is 24.3 Å². The molecule has 1 rings (SSSR count). The molecule has 0 aliphatic rings. The number of esters is 2. The van der Waals surface area contributed by atoms with Gasteiger partial charge in [-0.1, -0.05) is 6.92 Å². The van der Waals surface area contributed by atoms with Crippen molar-refractivity contribution in [2.75, 3.05) is 27.3 Å². The summed E-state index contributed by atoms with van der Waals surface area (Å²) >= 11 is 0.604. The maximum atomic E-state index is 12.7. The molecular formula is C13H17NO8S2. The molecule has 0 atom stereocenters. The molecule has 24 heavy (non-hydrogen) atoms. The van der Waals surface area contributed by atoms with Gasteiger partial charge in [0.15, 0.2) is 0 Å². The molecule has 0 aliphatic heterocycles. The lowest BCUT2D eigenvalue weighted by molar-refractivity contribution is -0.137. The smallest absolute Gasteiger partial charge is 0.349 e.